The number of nitrogens with zero attached hydrogens (tertiary/aromatic N) is 9. The molecule has 8 aromatic rings. The first kappa shape index (κ1) is 106. The van der Waals surface area contributed by atoms with E-state index in [2.05, 4.69) is 183 Å². The molecule has 13 rings (SSSR count). The lowest BCUT2D eigenvalue weighted by molar-refractivity contribution is 0.0193. The van der Waals surface area contributed by atoms with E-state index in [0.717, 1.165) is 139 Å². The van der Waals surface area contributed by atoms with Gasteiger partial charge in [0.25, 0.3) is 0 Å². The van der Waals surface area contributed by atoms with E-state index in [-0.39, 0.29) is 64.7 Å². The number of hydrogen-bond donors (Lipinski definition) is 3. The molecule has 0 saturated carbocycles. The number of pyridine rings is 5. The third-order valence-corrected chi connectivity index (χ3v) is 23.0. The normalized spacial score (nSPS) is 15.3. The van der Waals surface area contributed by atoms with Crippen molar-refractivity contribution in [3.63, 3.8) is 0 Å². The third-order valence-electron chi connectivity index (χ3n) is 18.6. The lowest BCUT2D eigenvalue weighted by Crippen LogP contribution is -2.41. The van der Waals surface area contributed by atoms with E-state index < -0.39 is 23.9 Å². The summed E-state index contributed by atoms with van der Waals surface area (Å²) in [5, 5.41) is 20.6. The molecule has 118 heavy (non-hydrogen) atoms. The summed E-state index contributed by atoms with van der Waals surface area (Å²) < 4.78 is 26.2. The topological polar surface area (TPSA) is 235 Å². The first-order valence-corrected chi connectivity index (χ1v) is 43.7. The summed E-state index contributed by atoms with van der Waals surface area (Å²) in [4.78, 5) is 77.2. The molecule has 0 atom stereocenters. The Balaban J connectivity index is 0.000000363. The highest BCUT2D eigenvalue weighted by Gasteiger charge is 2.33. The largest absolute Gasteiger partial charge is 0.488 e. The molecule has 5 saturated heterocycles. The molecular formula is C91H127BBr4ClIN10O10. The molecule has 3 aromatic carbocycles. The van der Waals surface area contributed by atoms with Crippen LogP contribution in [0.5, 0.6) is 0 Å². The van der Waals surface area contributed by atoms with Gasteiger partial charge in [-0.15, -0.1) is 12.4 Å². The van der Waals surface area contributed by atoms with Crippen molar-refractivity contribution in [2.75, 3.05) is 65.4 Å². The highest BCUT2D eigenvalue weighted by molar-refractivity contribution is 14.1. The molecule has 3 N–H and O–H groups in total. The second-order valence-electron chi connectivity index (χ2n) is 32.3. The standard InChI is InChI=1S/C21H26N2O2.C16H18N2.2C15H21BrN2O2.C10H18INO2.C6H7BO2.C5H3Br2N.3CH4.ClH/c1-21(2,3)25-20(24)23-14-11-17(12-15-23)19-18(10-7-13-22-19)16-8-5-4-6-9-16;1-2-5-13(6-3-1)15-7-4-10-18-16(15)14-8-11-17-12-9-14;2*1-15(2,3)20-14(19)18-9-6-11(7-10-18)13-12(16)5-4-8-17-13;1-10(2,3)14-9(13)12-6-4-8(11)5-7-12;8-7(9)6-4-2-1-3-5-6;6-4-2-1-3-8-5(4)7;;;;/h4-10,13,17H,11-12,14-15H2,1-3H3;1-7,10,14,17H,8-9,11-12H2;2*4-5,8,11H,6-7,9-10H2,1-3H3;8H,4-7H2,1-3H3;1-5,8-9H;1-3H;3*1H4;1H. The molecule has 5 aliphatic heterocycles. The first-order valence-electron chi connectivity index (χ1n) is 39.3. The lowest BCUT2D eigenvalue weighted by Gasteiger charge is -2.33. The second kappa shape index (κ2) is 52.6. The van der Waals surface area contributed by atoms with Gasteiger partial charge in [0.1, 0.15) is 27.0 Å². The number of carbonyl (C=O) groups is 4. The molecule has 646 valence electrons. The minimum absolute atomic E-state index is 0. The quantitative estimate of drug-likeness (QED) is 0.0442. The molecule has 0 spiro atoms. The summed E-state index contributed by atoms with van der Waals surface area (Å²) in [7, 11) is -1.34. The number of likely N-dealkylation sites (tertiary alicyclic amines) is 4. The zero-order chi connectivity index (χ0) is 83.0. The van der Waals surface area contributed by atoms with Crippen molar-refractivity contribution in [1.82, 2.24) is 49.8 Å². The number of ether oxygens (including phenoxy) is 4. The maximum Gasteiger partial charge on any atom is 0.488 e. The fraction of sp³-hybridized carbons (Fsp3) is 0.484. The number of halogens is 6. The molecule has 27 heteroatoms. The maximum atomic E-state index is 12.2. The molecule has 0 radical (unpaired) electrons. The lowest BCUT2D eigenvalue weighted by atomic mass is 9.81. The van der Waals surface area contributed by atoms with Gasteiger partial charge in [-0.25, -0.2) is 24.2 Å². The predicted octanol–water partition coefficient (Wildman–Crippen LogP) is 23.1. The summed E-state index contributed by atoms with van der Waals surface area (Å²) in [5.74, 6) is 1.78. The zero-order valence-electron chi connectivity index (χ0n) is 68.4. The number of benzene rings is 3. The summed E-state index contributed by atoms with van der Waals surface area (Å²) >= 11 is 16.1. The van der Waals surface area contributed by atoms with Crippen LogP contribution >= 0.6 is 98.7 Å². The van der Waals surface area contributed by atoms with Gasteiger partial charge < -0.3 is 53.9 Å². The zero-order valence-corrected chi connectivity index (χ0v) is 77.7. The van der Waals surface area contributed by atoms with Gasteiger partial charge in [0, 0.05) is 131 Å². The van der Waals surface area contributed by atoms with Crippen molar-refractivity contribution in [2.45, 2.75) is 220 Å². The number of hydrogen-bond acceptors (Lipinski definition) is 16. The van der Waals surface area contributed by atoms with Crippen LogP contribution in [0.25, 0.3) is 22.3 Å². The first-order chi connectivity index (χ1) is 54.1. The van der Waals surface area contributed by atoms with E-state index in [0.29, 0.717) is 46.1 Å². The molecular weight excluding hydrogens is 1890 g/mol. The van der Waals surface area contributed by atoms with Crippen LogP contribution in [0.4, 0.5) is 19.2 Å². The molecule has 10 heterocycles. The van der Waals surface area contributed by atoms with Crippen molar-refractivity contribution in [3.05, 3.63) is 223 Å². The smallest absolute Gasteiger partial charge is 0.444 e. The Bertz CT molecular complexity index is 4100. The Morgan fingerprint density at radius 3 is 0.907 bits per heavy atom. The molecule has 5 aromatic heterocycles. The van der Waals surface area contributed by atoms with Crippen LogP contribution in [-0.4, -0.2) is 178 Å². The third kappa shape index (κ3) is 37.8. The fourth-order valence-electron chi connectivity index (χ4n) is 13.0. The van der Waals surface area contributed by atoms with Crippen LogP contribution in [0.2, 0.25) is 0 Å². The van der Waals surface area contributed by atoms with E-state index in [9.17, 15) is 19.2 Å². The van der Waals surface area contributed by atoms with E-state index >= 15 is 0 Å². The molecule has 5 fully saturated rings. The van der Waals surface area contributed by atoms with E-state index in [4.69, 9.17) is 29.0 Å². The van der Waals surface area contributed by atoms with Gasteiger partial charge in [-0.1, -0.05) is 148 Å². The van der Waals surface area contributed by atoms with Gasteiger partial charge in [0.2, 0.25) is 0 Å². The maximum absolute atomic E-state index is 12.2. The number of amides is 4. The average molecular weight is 2010 g/mol. The van der Waals surface area contributed by atoms with Crippen molar-refractivity contribution in [3.8, 4) is 22.3 Å². The number of carbonyl (C=O) groups excluding carboxylic acids is 4. The highest BCUT2D eigenvalue weighted by atomic mass is 127. The summed E-state index contributed by atoms with van der Waals surface area (Å²) in [6.45, 7) is 31.0. The van der Waals surface area contributed by atoms with Crippen LogP contribution in [0.3, 0.4) is 0 Å². The van der Waals surface area contributed by atoms with Crippen LogP contribution in [0.1, 0.15) is 216 Å². The molecule has 4 amide bonds. The van der Waals surface area contributed by atoms with Crippen LogP contribution in [0, 0.1) is 0 Å². The van der Waals surface area contributed by atoms with Gasteiger partial charge in [0.15, 0.2) is 0 Å². The van der Waals surface area contributed by atoms with Crippen molar-refractivity contribution in [1.29, 1.82) is 0 Å². The Kier molecular flexibility index (Phi) is 47.1. The molecule has 5 aliphatic rings. The summed E-state index contributed by atoms with van der Waals surface area (Å²) in [6.07, 6.45) is 18.4. The molecule has 0 bridgehead atoms. The minimum atomic E-state index is -1.34. The van der Waals surface area contributed by atoms with Crippen LogP contribution in [0.15, 0.2) is 201 Å². The van der Waals surface area contributed by atoms with Crippen LogP contribution < -0.4 is 10.8 Å². The van der Waals surface area contributed by atoms with Gasteiger partial charge in [0.05, 0.1) is 27.2 Å². The Labute approximate surface area is 758 Å². The van der Waals surface area contributed by atoms with Crippen LogP contribution in [-0.2, 0) is 18.9 Å². The number of aromatic nitrogens is 5. The van der Waals surface area contributed by atoms with Crippen molar-refractivity contribution >= 4 is 136 Å². The van der Waals surface area contributed by atoms with Gasteiger partial charge >= 0.3 is 31.5 Å². The Morgan fingerprint density at radius 2 is 0.636 bits per heavy atom. The number of alkyl halides is 1. The fourth-order valence-corrected chi connectivity index (χ4v) is 15.3. The predicted molar refractivity (Wildman–Crippen MR) is 506 cm³/mol. The minimum Gasteiger partial charge on any atom is -0.444 e. The summed E-state index contributed by atoms with van der Waals surface area (Å²) in [6, 6.07) is 49.6. The van der Waals surface area contributed by atoms with E-state index in [1.807, 2.05) is 173 Å². The number of nitrogens with one attached hydrogen (secondary N) is 1. The number of rotatable bonds is 7. The van der Waals surface area contributed by atoms with Gasteiger partial charge in [-0.2, -0.15) is 0 Å². The second-order valence-corrected chi connectivity index (χ2v) is 37.4. The molecule has 0 unspecified atom stereocenters. The van der Waals surface area contributed by atoms with E-state index in [1.54, 1.807) is 45.2 Å². The number of piperidine rings is 5. The van der Waals surface area contributed by atoms with Crippen molar-refractivity contribution < 1.29 is 48.2 Å². The molecule has 20 nitrogen and oxygen atoms in total. The van der Waals surface area contributed by atoms with Crippen molar-refractivity contribution in [2.24, 2.45) is 0 Å². The van der Waals surface area contributed by atoms with E-state index in [1.165, 1.54) is 40.8 Å². The highest BCUT2D eigenvalue weighted by Crippen LogP contribution is 2.37. The molecule has 0 aliphatic carbocycles. The Hall–Kier alpha value is -6.63. The van der Waals surface area contributed by atoms with Gasteiger partial charge in [-0.3, -0.25) is 19.9 Å². The van der Waals surface area contributed by atoms with Gasteiger partial charge in [-0.05, 0) is 289 Å². The Morgan fingerprint density at radius 1 is 0.373 bits per heavy atom. The SMILES string of the molecule is Brc1cccnc1Br.C.C.C.CC(C)(C)OC(=O)N1CCC(I)CC1.CC(C)(C)OC(=O)N1CCC(c2ncccc2-c2ccccc2)CC1.CC(C)(C)OC(=O)N1CCC(c2ncccc2Br)CC1.CC(C)(C)OC(=O)N1CCC(c2ncccc2Br)CC1.Cl.OB(O)c1ccccc1.c1ccc(-c2cccnc2C2CCNCC2)cc1. The summed E-state index contributed by atoms with van der Waals surface area (Å²) in [5.41, 5.74) is 8.39. The average Bonchev–Trinajstić information content (AvgIpc) is 0.825. The monoisotopic (exact) mass is 2010 g/mol.